The number of halogens is 1. The number of nitrogens with one attached hydrogen (secondary N) is 2. The summed E-state index contributed by atoms with van der Waals surface area (Å²) < 4.78 is 10.8. The molecule has 0 aromatic heterocycles. The number of nitrogens with zero attached hydrogens (tertiary/aromatic N) is 3. The van der Waals surface area contributed by atoms with Gasteiger partial charge in [0, 0.05) is 69.2 Å². The first-order chi connectivity index (χ1) is 13.0. The van der Waals surface area contributed by atoms with E-state index in [-0.39, 0.29) is 24.0 Å². The van der Waals surface area contributed by atoms with Gasteiger partial charge in [0.1, 0.15) is 11.5 Å². The molecular formula is C20H36IN5O2. The zero-order valence-corrected chi connectivity index (χ0v) is 20.3. The summed E-state index contributed by atoms with van der Waals surface area (Å²) >= 11 is 0. The molecule has 1 atom stereocenters. The lowest BCUT2D eigenvalue weighted by Crippen LogP contribution is -2.46. The van der Waals surface area contributed by atoms with Crippen LogP contribution >= 0.6 is 24.0 Å². The Morgan fingerprint density at radius 1 is 1.25 bits per heavy atom. The molecule has 1 aliphatic rings. The maximum Gasteiger partial charge on any atom is 0.191 e. The van der Waals surface area contributed by atoms with Crippen molar-refractivity contribution in [3.63, 3.8) is 0 Å². The van der Waals surface area contributed by atoms with Crippen molar-refractivity contribution < 1.29 is 9.47 Å². The van der Waals surface area contributed by atoms with Crippen molar-refractivity contribution in [3.8, 4) is 11.5 Å². The monoisotopic (exact) mass is 505 g/mol. The van der Waals surface area contributed by atoms with Crippen LogP contribution in [0.25, 0.3) is 0 Å². The molecule has 0 bridgehead atoms. The highest BCUT2D eigenvalue weighted by Gasteiger charge is 2.24. The quantitative estimate of drug-likeness (QED) is 0.322. The molecule has 0 radical (unpaired) electrons. The summed E-state index contributed by atoms with van der Waals surface area (Å²) in [6.45, 7) is 8.17. The molecule has 1 aromatic carbocycles. The van der Waals surface area contributed by atoms with Crippen molar-refractivity contribution in [3.05, 3.63) is 18.2 Å². The summed E-state index contributed by atoms with van der Waals surface area (Å²) in [6, 6.07) is 6.91. The molecule has 28 heavy (non-hydrogen) atoms. The Balaban J connectivity index is 0.00000392. The van der Waals surface area contributed by atoms with Crippen LogP contribution in [0, 0.1) is 0 Å². The molecule has 160 valence electrons. The maximum absolute atomic E-state index is 5.39. The second-order valence-electron chi connectivity index (χ2n) is 7.22. The Morgan fingerprint density at radius 3 is 2.43 bits per heavy atom. The molecule has 1 heterocycles. The van der Waals surface area contributed by atoms with Gasteiger partial charge in [-0.1, -0.05) is 0 Å². The number of hydrogen-bond donors (Lipinski definition) is 2. The van der Waals surface area contributed by atoms with Gasteiger partial charge in [-0.3, -0.25) is 4.99 Å². The van der Waals surface area contributed by atoms with Crippen LogP contribution in [0.5, 0.6) is 11.5 Å². The standard InChI is InChI=1S/C20H35N5O2.HI/c1-15(2)24(4)10-8-22-20(21-3)23-16-7-9-25(14-16)17-11-18(26-5)13-19(12-17)27-6;/h11-13,15-16H,7-10,14H2,1-6H3,(H2,21,22,23);1H. The van der Waals surface area contributed by atoms with E-state index in [1.165, 1.54) is 0 Å². The largest absolute Gasteiger partial charge is 0.497 e. The van der Waals surface area contributed by atoms with Gasteiger partial charge in [0.05, 0.1) is 14.2 Å². The van der Waals surface area contributed by atoms with E-state index >= 15 is 0 Å². The third-order valence-corrected chi connectivity index (χ3v) is 5.09. The second kappa shape index (κ2) is 12.2. The van der Waals surface area contributed by atoms with Crippen LogP contribution in [0.3, 0.4) is 0 Å². The molecule has 1 fully saturated rings. The van der Waals surface area contributed by atoms with E-state index in [1.54, 1.807) is 14.2 Å². The molecule has 0 saturated carbocycles. The summed E-state index contributed by atoms with van der Waals surface area (Å²) in [7, 11) is 7.32. The van der Waals surface area contributed by atoms with Crippen LogP contribution in [0.4, 0.5) is 5.69 Å². The fraction of sp³-hybridized carbons (Fsp3) is 0.650. The van der Waals surface area contributed by atoms with Crippen LogP contribution in [0.1, 0.15) is 20.3 Å². The number of rotatable bonds is 8. The number of hydrogen-bond acceptors (Lipinski definition) is 5. The van der Waals surface area contributed by atoms with Gasteiger partial charge < -0.3 is 29.9 Å². The van der Waals surface area contributed by atoms with Crippen molar-refractivity contribution in [2.24, 2.45) is 4.99 Å². The zero-order chi connectivity index (χ0) is 19.8. The highest BCUT2D eigenvalue weighted by atomic mass is 127. The van der Waals surface area contributed by atoms with Gasteiger partial charge in [-0.2, -0.15) is 0 Å². The smallest absolute Gasteiger partial charge is 0.191 e. The average Bonchev–Trinajstić information content (AvgIpc) is 3.15. The fourth-order valence-corrected chi connectivity index (χ4v) is 3.08. The van der Waals surface area contributed by atoms with Crippen LogP contribution in [0.2, 0.25) is 0 Å². The Morgan fingerprint density at radius 2 is 1.89 bits per heavy atom. The molecule has 0 spiro atoms. The first kappa shape index (κ1) is 24.6. The van der Waals surface area contributed by atoms with E-state index in [0.29, 0.717) is 12.1 Å². The number of anilines is 1. The summed E-state index contributed by atoms with van der Waals surface area (Å²) in [5, 5.41) is 6.95. The van der Waals surface area contributed by atoms with Gasteiger partial charge in [-0.15, -0.1) is 24.0 Å². The van der Waals surface area contributed by atoms with Crippen molar-refractivity contribution in [2.45, 2.75) is 32.4 Å². The summed E-state index contributed by atoms with van der Waals surface area (Å²) in [4.78, 5) is 9.03. The molecule has 2 N–H and O–H groups in total. The van der Waals surface area contributed by atoms with Crippen molar-refractivity contribution >= 4 is 35.6 Å². The SMILES string of the molecule is CN=C(NCCN(C)C(C)C)NC1CCN(c2cc(OC)cc(OC)c2)C1.I. The molecule has 1 aliphatic heterocycles. The lowest BCUT2D eigenvalue weighted by Gasteiger charge is -2.23. The number of benzene rings is 1. The minimum atomic E-state index is 0. The maximum atomic E-state index is 5.39. The lowest BCUT2D eigenvalue weighted by molar-refractivity contribution is 0.278. The Labute approximate surface area is 186 Å². The molecule has 1 unspecified atom stereocenters. The van der Waals surface area contributed by atoms with Gasteiger partial charge in [-0.05, 0) is 27.3 Å². The molecule has 8 heteroatoms. The van der Waals surface area contributed by atoms with Crippen LogP contribution in [-0.4, -0.2) is 77.4 Å². The van der Waals surface area contributed by atoms with E-state index in [1.807, 2.05) is 13.1 Å². The van der Waals surface area contributed by atoms with E-state index in [9.17, 15) is 0 Å². The average molecular weight is 505 g/mol. The molecule has 0 aliphatic carbocycles. The summed E-state index contributed by atoms with van der Waals surface area (Å²) in [5.41, 5.74) is 1.12. The van der Waals surface area contributed by atoms with Gasteiger partial charge in [0.25, 0.3) is 0 Å². The number of methoxy groups -OCH3 is 2. The Bertz CT molecular complexity index is 604. The number of aliphatic imine (C=N–C) groups is 1. The van der Waals surface area contributed by atoms with Crippen molar-refractivity contribution in [1.82, 2.24) is 15.5 Å². The topological polar surface area (TPSA) is 61.4 Å². The van der Waals surface area contributed by atoms with Gasteiger partial charge in [-0.25, -0.2) is 0 Å². The number of ether oxygens (including phenoxy) is 2. The summed E-state index contributed by atoms with van der Waals surface area (Å²) in [6.07, 6.45) is 1.06. The summed E-state index contributed by atoms with van der Waals surface area (Å²) in [5.74, 6) is 2.49. The van der Waals surface area contributed by atoms with Crippen LogP contribution in [0.15, 0.2) is 23.2 Å². The number of guanidine groups is 1. The fourth-order valence-electron chi connectivity index (χ4n) is 3.08. The van der Waals surface area contributed by atoms with Gasteiger partial charge >= 0.3 is 0 Å². The Kier molecular flexibility index (Phi) is 10.7. The van der Waals surface area contributed by atoms with E-state index < -0.39 is 0 Å². The molecular weight excluding hydrogens is 469 g/mol. The van der Waals surface area contributed by atoms with E-state index in [4.69, 9.17) is 9.47 Å². The van der Waals surface area contributed by atoms with E-state index in [2.05, 4.69) is 58.5 Å². The normalized spacial score (nSPS) is 16.9. The second-order valence-corrected chi connectivity index (χ2v) is 7.22. The van der Waals surface area contributed by atoms with Crippen molar-refractivity contribution in [2.75, 3.05) is 59.4 Å². The molecule has 1 aromatic rings. The molecule has 1 saturated heterocycles. The minimum Gasteiger partial charge on any atom is -0.497 e. The Hall–Kier alpha value is -1.42. The predicted octanol–water partition coefficient (Wildman–Crippen LogP) is 2.41. The first-order valence-corrected chi connectivity index (χ1v) is 9.62. The van der Waals surface area contributed by atoms with Gasteiger partial charge in [0.2, 0.25) is 0 Å². The van der Waals surface area contributed by atoms with Gasteiger partial charge in [0.15, 0.2) is 5.96 Å². The van der Waals surface area contributed by atoms with Crippen molar-refractivity contribution in [1.29, 1.82) is 0 Å². The van der Waals surface area contributed by atoms with Crippen LogP contribution < -0.4 is 25.0 Å². The first-order valence-electron chi connectivity index (χ1n) is 9.62. The van der Waals surface area contributed by atoms with Crippen LogP contribution in [-0.2, 0) is 0 Å². The number of likely N-dealkylation sites (N-methyl/N-ethyl adjacent to an activating group) is 1. The minimum absolute atomic E-state index is 0. The third-order valence-electron chi connectivity index (χ3n) is 5.09. The molecule has 0 amide bonds. The molecule has 7 nitrogen and oxygen atoms in total. The highest BCUT2D eigenvalue weighted by molar-refractivity contribution is 14.0. The third kappa shape index (κ3) is 7.20. The predicted molar refractivity (Wildman–Crippen MR) is 128 cm³/mol. The lowest BCUT2D eigenvalue weighted by atomic mass is 10.2. The highest BCUT2D eigenvalue weighted by Crippen LogP contribution is 2.30. The zero-order valence-electron chi connectivity index (χ0n) is 18.0. The van der Waals surface area contributed by atoms with E-state index in [0.717, 1.165) is 55.7 Å². The molecule has 2 rings (SSSR count).